The van der Waals surface area contributed by atoms with Crippen LogP contribution in [0.15, 0.2) is 6.33 Å². The van der Waals surface area contributed by atoms with E-state index in [1.165, 1.54) is 24.3 Å². The third kappa shape index (κ3) is 2.80. The summed E-state index contributed by atoms with van der Waals surface area (Å²) in [4.78, 5) is 8.26. The van der Waals surface area contributed by atoms with Crippen LogP contribution in [0, 0.1) is 5.92 Å². The monoisotopic (exact) mass is 257 g/mol. The summed E-state index contributed by atoms with van der Waals surface area (Å²) < 4.78 is 0. The molecule has 1 unspecified atom stereocenters. The lowest BCUT2D eigenvalue weighted by molar-refractivity contribution is 0.630. The normalized spacial score (nSPS) is 20.0. The second kappa shape index (κ2) is 5.73. The van der Waals surface area contributed by atoms with E-state index in [4.69, 9.17) is 11.6 Å². The Kier molecular flexibility index (Phi) is 4.29. The fourth-order valence-corrected chi connectivity index (χ4v) is 3.39. The molecule has 16 heavy (non-hydrogen) atoms. The highest BCUT2D eigenvalue weighted by molar-refractivity contribution is 7.99. The molecule has 3 nitrogen and oxygen atoms in total. The van der Waals surface area contributed by atoms with Gasteiger partial charge in [-0.05, 0) is 30.3 Å². The maximum absolute atomic E-state index is 6.03. The minimum absolute atomic E-state index is 0.570. The molecule has 1 N–H and O–H groups in total. The highest BCUT2D eigenvalue weighted by atomic mass is 35.5. The standard InChI is InChI=1S/C11H16ClN3S/c1-2-9-10(12)14-7-15-11(9)13-5-8-3-4-16-6-8/h7-8H,2-6H2,1H3,(H,13,14,15). The molecule has 0 radical (unpaired) electrons. The van der Waals surface area contributed by atoms with Crippen molar-refractivity contribution in [3.8, 4) is 0 Å². The van der Waals surface area contributed by atoms with Gasteiger partial charge in [-0.3, -0.25) is 0 Å². The van der Waals surface area contributed by atoms with Gasteiger partial charge < -0.3 is 5.32 Å². The Balaban J connectivity index is 2.00. The van der Waals surface area contributed by atoms with Crippen LogP contribution in [0.2, 0.25) is 5.15 Å². The van der Waals surface area contributed by atoms with E-state index in [0.29, 0.717) is 5.15 Å². The van der Waals surface area contributed by atoms with Crippen LogP contribution in [0.4, 0.5) is 5.82 Å². The molecule has 1 aliphatic heterocycles. The molecule has 0 amide bonds. The number of hydrogen-bond acceptors (Lipinski definition) is 4. The van der Waals surface area contributed by atoms with Crippen LogP contribution in [0.5, 0.6) is 0 Å². The van der Waals surface area contributed by atoms with Crippen LogP contribution in [-0.2, 0) is 6.42 Å². The van der Waals surface area contributed by atoms with Crippen molar-refractivity contribution in [2.75, 3.05) is 23.4 Å². The van der Waals surface area contributed by atoms with E-state index in [9.17, 15) is 0 Å². The second-order valence-corrected chi connectivity index (χ2v) is 5.46. The molecule has 5 heteroatoms. The Morgan fingerprint density at radius 2 is 2.44 bits per heavy atom. The molecular formula is C11H16ClN3S. The maximum atomic E-state index is 6.03. The van der Waals surface area contributed by atoms with Gasteiger partial charge in [0, 0.05) is 12.1 Å². The highest BCUT2D eigenvalue weighted by Crippen LogP contribution is 2.25. The first-order valence-corrected chi connectivity index (χ1v) is 7.15. The molecule has 0 saturated carbocycles. The summed E-state index contributed by atoms with van der Waals surface area (Å²) in [5.41, 5.74) is 1.02. The lowest BCUT2D eigenvalue weighted by Gasteiger charge is -2.13. The molecule has 2 rings (SSSR count). The van der Waals surface area contributed by atoms with Gasteiger partial charge in [0.1, 0.15) is 17.3 Å². The number of nitrogens with zero attached hydrogens (tertiary/aromatic N) is 2. The molecule has 88 valence electrons. The Morgan fingerprint density at radius 3 is 3.12 bits per heavy atom. The third-order valence-corrected chi connectivity index (χ3v) is 4.39. The molecule has 0 aliphatic carbocycles. The SMILES string of the molecule is CCc1c(Cl)ncnc1NCC1CCSC1. The van der Waals surface area contributed by atoms with Crippen molar-refractivity contribution >= 4 is 29.2 Å². The van der Waals surface area contributed by atoms with Gasteiger partial charge >= 0.3 is 0 Å². The fraction of sp³-hybridized carbons (Fsp3) is 0.636. The first kappa shape index (κ1) is 12.0. The molecule has 1 aliphatic rings. The number of thioether (sulfide) groups is 1. The second-order valence-electron chi connectivity index (χ2n) is 3.96. The van der Waals surface area contributed by atoms with Crippen LogP contribution in [0.1, 0.15) is 18.9 Å². The first-order chi connectivity index (χ1) is 7.81. The van der Waals surface area contributed by atoms with Gasteiger partial charge in [0.15, 0.2) is 0 Å². The van der Waals surface area contributed by atoms with Crippen molar-refractivity contribution in [3.63, 3.8) is 0 Å². The van der Waals surface area contributed by atoms with Gasteiger partial charge in [-0.1, -0.05) is 18.5 Å². The van der Waals surface area contributed by atoms with Gasteiger partial charge in [0.25, 0.3) is 0 Å². The fourth-order valence-electron chi connectivity index (χ4n) is 1.84. The van der Waals surface area contributed by atoms with Crippen molar-refractivity contribution < 1.29 is 0 Å². The van der Waals surface area contributed by atoms with Crippen molar-refractivity contribution in [1.29, 1.82) is 0 Å². The zero-order valence-electron chi connectivity index (χ0n) is 9.37. The van der Waals surface area contributed by atoms with Crippen LogP contribution >= 0.6 is 23.4 Å². The third-order valence-electron chi connectivity index (χ3n) is 2.83. The van der Waals surface area contributed by atoms with E-state index in [0.717, 1.165) is 30.3 Å². The quantitative estimate of drug-likeness (QED) is 0.842. The minimum atomic E-state index is 0.570. The lowest BCUT2D eigenvalue weighted by Crippen LogP contribution is -2.15. The Hall–Kier alpha value is -0.480. The van der Waals surface area contributed by atoms with Gasteiger partial charge in [-0.15, -0.1) is 0 Å². The van der Waals surface area contributed by atoms with Crippen LogP contribution < -0.4 is 5.32 Å². The zero-order chi connectivity index (χ0) is 11.4. The molecule has 0 bridgehead atoms. The van der Waals surface area contributed by atoms with Gasteiger partial charge in [-0.25, -0.2) is 9.97 Å². The Labute approximate surface area is 105 Å². The molecule has 1 aromatic rings. The summed E-state index contributed by atoms with van der Waals surface area (Å²) >= 11 is 8.06. The largest absolute Gasteiger partial charge is 0.369 e. The molecular weight excluding hydrogens is 242 g/mol. The lowest BCUT2D eigenvalue weighted by atomic mass is 10.1. The van der Waals surface area contributed by atoms with E-state index >= 15 is 0 Å². The maximum Gasteiger partial charge on any atom is 0.137 e. The summed E-state index contributed by atoms with van der Waals surface area (Å²) in [6.45, 7) is 3.06. The first-order valence-electron chi connectivity index (χ1n) is 5.62. The topological polar surface area (TPSA) is 37.8 Å². The van der Waals surface area contributed by atoms with E-state index in [-0.39, 0.29) is 0 Å². The summed E-state index contributed by atoms with van der Waals surface area (Å²) in [5.74, 6) is 4.22. The van der Waals surface area contributed by atoms with E-state index < -0.39 is 0 Å². The number of hydrogen-bond donors (Lipinski definition) is 1. The predicted octanol–water partition coefficient (Wildman–Crippen LogP) is 2.86. The Morgan fingerprint density at radius 1 is 1.56 bits per heavy atom. The highest BCUT2D eigenvalue weighted by Gasteiger charge is 2.16. The minimum Gasteiger partial charge on any atom is -0.369 e. The Bertz CT molecular complexity index is 353. The number of anilines is 1. The molecule has 1 fully saturated rings. The van der Waals surface area contributed by atoms with Crippen molar-refractivity contribution in [1.82, 2.24) is 9.97 Å². The predicted molar refractivity (Wildman–Crippen MR) is 70.3 cm³/mol. The smallest absolute Gasteiger partial charge is 0.137 e. The number of nitrogens with one attached hydrogen (secondary N) is 1. The van der Waals surface area contributed by atoms with E-state index in [1.807, 2.05) is 11.8 Å². The van der Waals surface area contributed by atoms with E-state index in [1.54, 1.807) is 0 Å². The molecule has 2 heterocycles. The molecule has 0 spiro atoms. The van der Waals surface area contributed by atoms with Crippen LogP contribution in [0.3, 0.4) is 0 Å². The average molecular weight is 258 g/mol. The van der Waals surface area contributed by atoms with Crippen molar-refractivity contribution in [3.05, 3.63) is 17.0 Å². The van der Waals surface area contributed by atoms with E-state index in [2.05, 4.69) is 22.2 Å². The average Bonchev–Trinajstić information content (AvgIpc) is 2.79. The van der Waals surface area contributed by atoms with Crippen LogP contribution in [0.25, 0.3) is 0 Å². The molecule has 1 aromatic heterocycles. The van der Waals surface area contributed by atoms with Crippen molar-refractivity contribution in [2.24, 2.45) is 5.92 Å². The number of halogens is 1. The summed E-state index contributed by atoms with van der Waals surface area (Å²) in [7, 11) is 0. The number of aromatic nitrogens is 2. The van der Waals surface area contributed by atoms with Gasteiger partial charge in [0.2, 0.25) is 0 Å². The zero-order valence-corrected chi connectivity index (χ0v) is 10.9. The summed E-state index contributed by atoms with van der Waals surface area (Å²) in [6.07, 6.45) is 3.69. The summed E-state index contributed by atoms with van der Waals surface area (Å²) in [6, 6.07) is 0. The number of rotatable bonds is 4. The van der Waals surface area contributed by atoms with Crippen LogP contribution in [-0.4, -0.2) is 28.0 Å². The summed E-state index contributed by atoms with van der Waals surface area (Å²) in [5, 5.41) is 3.97. The van der Waals surface area contributed by atoms with Gasteiger partial charge in [-0.2, -0.15) is 11.8 Å². The molecule has 1 atom stereocenters. The van der Waals surface area contributed by atoms with Gasteiger partial charge in [0.05, 0.1) is 0 Å². The van der Waals surface area contributed by atoms with Crippen molar-refractivity contribution in [2.45, 2.75) is 19.8 Å². The molecule has 0 aromatic carbocycles. The molecule has 1 saturated heterocycles.